The molecule has 0 aromatic carbocycles. The number of nitrogens with zero attached hydrogens (tertiary/aromatic N) is 1. The molecule has 0 bridgehead atoms. The maximum absolute atomic E-state index is 5.79. The van der Waals surface area contributed by atoms with Crippen molar-refractivity contribution in [2.45, 2.75) is 71.8 Å². The topological polar surface area (TPSA) is 31.4 Å². The highest BCUT2D eigenvalue weighted by atomic mass is 16.5. The highest BCUT2D eigenvalue weighted by molar-refractivity contribution is 5.47. The molecule has 0 saturated carbocycles. The Morgan fingerprint density at radius 3 is 2.68 bits per heavy atom. The van der Waals surface area contributed by atoms with E-state index in [1.54, 1.807) is 0 Å². The molecule has 2 rings (SSSR count). The Morgan fingerprint density at radius 1 is 1.18 bits per heavy atom. The number of hydrogen-bond acceptors (Lipinski definition) is 3. The van der Waals surface area contributed by atoms with Gasteiger partial charge in [0.2, 0.25) is 0 Å². The van der Waals surface area contributed by atoms with E-state index >= 15 is 0 Å². The van der Waals surface area contributed by atoms with E-state index in [0.29, 0.717) is 6.61 Å². The number of ether oxygens (including phenoxy) is 2. The summed E-state index contributed by atoms with van der Waals surface area (Å²) in [6, 6.07) is 1.96. The SMILES string of the molecule is CCCCCCC/C=C/COc1cc2c(nc1C)C(C)(C)O2. The van der Waals surface area contributed by atoms with Crippen LogP contribution in [-0.4, -0.2) is 11.6 Å². The van der Waals surface area contributed by atoms with Gasteiger partial charge in [0.15, 0.2) is 0 Å². The van der Waals surface area contributed by atoms with Gasteiger partial charge in [-0.2, -0.15) is 0 Å². The highest BCUT2D eigenvalue weighted by Crippen LogP contribution is 2.44. The lowest BCUT2D eigenvalue weighted by Crippen LogP contribution is -2.36. The van der Waals surface area contributed by atoms with Crippen molar-refractivity contribution in [3.05, 3.63) is 29.6 Å². The number of fused-ring (bicyclic) bond motifs is 1. The predicted molar refractivity (Wildman–Crippen MR) is 90.6 cm³/mol. The van der Waals surface area contributed by atoms with Crippen LogP contribution in [0, 0.1) is 6.92 Å². The summed E-state index contributed by atoms with van der Waals surface area (Å²) in [4.78, 5) is 4.60. The number of allylic oxidation sites excluding steroid dienone is 1. The molecule has 122 valence electrons. The molecule has 0 unspecified atom stereocenters. The quantitative estimate of drug-likeness (QED) is 0.457. The van der Waals surface area contributed by atoms with Gasteiger partial charge in [-0.3, -0.25) is 0 Å². The first-order valence-electron chi connectivity index (χ1n) is 8.53. The van der Waals surface area contributed by atoms with Crippen LogP contribution in [0.5, 0.6) is 11.5 Å². The van der Waals surface area contributed by atoms with Gasteiger partial charge in [0.25, 0.3) is 0 Å². The van der Waals surface area contributed by atoms with Gasteiger partial charge < -0.3 is 9.47 Å². The Balaban J connectivity index is 1.71. The van der Waals surface area contributed by atoms with Crippen molar-refractivity contribution in [3.63, 3.8) is 0 Å². The molecular weight excluding hydrogens is 274 g/mol. The Bertz CT molecular complexity index is 520. The van der Waals surface area contributed by atoms with E-state index in [2.05, 4.69) is 24.1 Å². The van der Waals surface area contributed by atoms with Crippen molar-refractivity contribution in [2.75, 3.05) is 6.61 Å². The van der Waals surface area contributed by atoms with Crippen LogP contribution in [0.2, 0.25) is 0 Å². The van der Waals surface area contributed by atoms with E-state index in [0.717, 1.165) is 29.3 Å². The van der Waals surface area contributed by atoms with Crippen molar-refractivity contribution >= 4 is 0 Å². The number of hydrogen-bond donors (Lipinski definition) is 0. The number of rotatable bonds is 9. The normalized spacial score (nSPS) is 15.3. The van der Waals surface area contributed by atoms with E-state index in [9.17, 15) is 0 Å². The Kier molecular flexibility index (Phi) is 5.87. The maximum Gasteiger partial charge on any atom is 0.150 e. The summed E-state index contributed by atoms with van der Waals surface area (Å²) in [5.74, 6) is 1.67. The third-order valence-corrected chi connectivity index (χ3v) is 4.04. The molecule has 3 heteroatoms. The molecule has 0 saturated heterocycles. The zero-order valence-corrected chi connectivity index (χ0v) is 14.4. The van der Waals surface area contributed by atoms with Crippen molar-refractivity contribution in [1.29, 1.82) is 0 Å². The van der Waals surface area contributed by atoms with Crippen LogP contribution in [0.25, 0.3) is 0 Å². The second kappa shape index (κ2) is 7.66. The standard InChI is InChI=1S/C19H29NO2/c1-5-6-7-8-9-10-11-12-13-21-16-14-17-18(20-15(16)2)19(3,4)22-17/h11-12,14H,5-10,13H2,1-4H3/b12-11+. The fourth-order valence-electron chi connectivity index (χ4n) is 2.69. The number of aromatic nitrogens is 1. The minimum Gasteiger partial charge on any atom is -0.487 e. The molecule has 3 nitrogen and oxygen atoms in total. The van der Waals surface area contributed by atoms with Crippen LogP contribution >= 0.6 is 0 Å². The Labute approximate surface area is 134 Å². The number of unbranched alkanes of at least 4 members (excludes halogenated alkanes) is 5. The summed E-state index contributed by atoms with van der Waals surface area (Å²) in [7, 11) is 0. The summed E-state index contributed by atoms with van der Waals surface area (Å²) in [5.41, 5.74) is 1.71. The lowest BCUT2D eigenvalue weighted by molar-refractivity contribution is 0.0435. The Hall–Kier alpha value is -1.51. The van der Waals surface area contributed by atoms with Gasteiger partial charge in [-0.05, 0) is 33.6 Å². The number of pyridine rings is 1. The zero-order valence-electron chi connectivity index (χ0n) is 14.4. The summed E-state index contributed by atoms with van der Waals surface area (Å²) in [5, 5.41) is 0. The molecule has 0 atom stereocenters. The average Bonchev–Trinajstić information content (AvgIpc) is 2.48. The minimum absolute atomic E-state index is 0.254. The van der Waals surface area contributed by atoms with E-state index in [1.807, 2.05) is 26.8 Å². The number of aryl methyl sites for hydroxylation is 1. The van der Waals surface area contributed by atoms with Gasteiger partial charge in [-0.15, -0.1) is 0 Å². The summed E-state index contributed by atoms with van der Waals surface area (Å²) < 4.78 is 11.5. The highest BCUT2D eigenvalue weighted by Gasteiger charge is 2.39. The van der Waals surface area contributed by atoms with E-state index in [4.69, 9.17) is 9.47 Å². The molecule has 1 aromatic rings. The second-order valence-electron chi connectivity index (χ2n) is 6.52. The van der Waals surface area contributed by atoms with Crippen LogP contribution in [0.1, 0.15) is 70.7 Å². The van der Waals surface area contributed by atoms with Crippen molar-refractivity contribution in [1.82, 2.24) is 4.98 Å². The van der Waals surface area contributed by atoms with Crippen LogP contribution in [0.4, 0.5) is 0 Å². The fourth-order valence-corrected chi connectivity index (χ4v) is 2.69. The van der Waals surface area contributed by atoms with Crippen molar-refractivity contribution in [2.24, 2.45) is 0 Å². The molecule has 0 aliphatic carbocycles. The average molecular weight is 303 g/mol. The largest absolute Gasteiger partial charge is 0.487 e. The maximum atomic E-state index is 5.79. The molecule has 2 heterocycles. The van der Waals surface area contributed by atoms with Crippen LogP contribution < -0.4 is 9.47 Å². The molecule has 22 heavy (non-hydrogen) atoms. The van der Waals surface area contributed by atoms with E-state index in [-0.39, 0.29) is 5.60 Å². The molecule has 0 amide bonds. The third kappa shape index (κ3) is 4.25. The van der Waals surface area contributed by atoms with Gasteiger partial charge in [0.05, 0.1) is 5.69 Å². The van der Waals surface area contributed by atoms with Gasteiger partial charge in [-0.1, -0.05) is 44.8 Å². The summed E-state index contributed by atoms with van der Waals surface area (Å²) in [6.07, 6.45) is 12.1. The zero-order chi connectivity index (χ0) is 16.0. The minimum atomic E-state index is -0.254. The van der Waals surface area contributed by atoms with Crippen LogP contribution in [-0.2, 0) is 5.60 Å². The molecule has 1 aliphatic rings. The Morgan fingerprint density at radius 2 is 1.95 bits per heavy atom. The first-order chi connectivity index (χ1) is 10.5. The summed E-state index contributed by atoms with van der Waals surface area (Å²) in [6.45, 7) is 8.90. The van der Waals surface area contributed by atoms with E-state index < -0.39 is 0 Å². The van der Waals surface area contributed by atoms with Gasteiger partial charge >= 0.3 is 0 Å². The first-order valence-corrected chi connectivity index (χ1v) is 8.53. The molecule has 0 radical (unpaired) electrons. The molecule has 1 aromatic heterocycles. The van der Waals surface area contributed by atoms with Crippen molar-refractivity contribution in [3.8, 4) is 11.5 Å². The van der Waals surface area contributed by atoms with Gasteiger partial charge in [-0.25, -0.2) is 4.98 Å². The smallest absolute Gasteiger partial charge is 0.150 e. The first kappa shape index (κ1) is 16.9. The van der Waals surface area contributed by atoms with Crippen LogP contribution in [0.15, 0.2) is 18.2 Å². The monoisotopic (exact) mass is 303 g/mol. The van der Waals surface area contributed by atoms with Gasteiger partial charge in [0.1, 0.15) is 29.4 Å². The fraction of sp³-hybridized carbons (Fsp3) is 0.632. The molecule has 0 fully saturated rings. The third-order valence-electron chi connectivity index (χ3n) is 4.04. The lowest BCUT2D eigenvalue weighted by atomic mass is 9.97. The molecule has 0 N–H and O–H groups in total. The molecule has 0 spiro atoms. The second-order valence-corrected chi connectivity index (χ2v) is 6.52. The van der Waals surface area contributed by atoms with Crippen LogP contribution in [0.3, 0.4) is 0 Å². The summed E-state index contributed by atoms with van der Waals surface area (Å²) >= 11 is 0. The van der Waals surface area contributed by atoms with Crippen molar-refractivity contribution < 1.29 is 9.47 Å². The predicted octanol–water partition coefficient (Wildman–Crippen LogP) is 5.31. The van der Waals surface area contributed by atoms with Gasteiger partial charge in [0, 0.05) is 6.07 Å². The molecular formula is C19H29NO2. The lowest BCUT2D eigenvalue weighted by Gasteiger charge is -2.37. The van der Waals surface area contributed by atoms with E-state index in [1.165, 1.54) is 32.1 Å². The molecule has 1 aliphatic heterocycles.